The smallest absolute Gasteiger partial charge is 0.154 e. The van der Waals surface area contributed by atoms with Gasteiger partial charge in [0.2, 0.25) is 0 Å². The van der Waals surface area contributed by atoms with Gasteiger partial charge in [-0.2, -0.15) is 0 Å². The molecule has 2 fully saturated rings. The number of aliphatic hydroxyl groups is 1. The maximum atomic E-state index is 9.59. The summed E-state index contributed by atoms with van der Waals surface area (Å²) >= 11 is 5.94. The van der Waals surface area contributed by atoms with Crippen LogP contribution in [-0.2, 0) is 0 Å². The number of halogens is 1. The molecule has 134 valence electrons. The molecular weight excluding hydrogens is 326 g/mol. The fourth-order valence-corrected chi connectivity index (χ4v) is 3.64. The minimum Gasteiger partial charge on any atom is -0.393 e. The Morgan fingerprint density at radius 1 is 1.17 bits per heavy atom. The van der Waals surface area contributed by atoms with Gasteiger partial charge in [0.1, 0.15) is 5.82 Å². The zero-order valence-electron chi connectivity index (χ0n) is 14.4. The molecule has 2 aliphatic rings. The van der Waals surface area contributed by atoms with Crippen LogP contribution in [0.5, 0.6) is 0 Å². The van der Waals surface area contributed by atoms with Gasteiger partial charge in [-0.25, -0.2) is 0 Å². The number of nitrogens with zero attached hydrogens (tertiary/aromatic N) is 4. The molecule has 0 saturated carbocycles. The lowest BCUT2D eigenvalue weighted by molar-refractivity contribution is 0.0746. The molecule has 0 aliphatic carbocycles. The van der Waals surface area contributed by atoms with Gasteiger partial charge >= 0.3 is 0 Å². The molecule has 0 amide bonds. The fraction of sp³-hybridized carbons (Fsp3) is 0.765. The van der Waals surface area contributed by atoms with Crippen molar-refractivity contribution in [3.63, 3.8) is 0 Å². The largest absolute Gasteiger partial charge is 0.393 e. The molecule has 1 atom stereocenters. The molecule has 3 rings (SSSR count). The first-order valence-corrected chi connectivity index (χ1v) is 9.37. The third kappa shape index (κ3) is 5.02. The van der Waals surface area contributed by atoms with Gasteiger partial charge in [0.15, 0.2) is 5.15 Å². The van der Waals surface area contributed by atoms with Crippen molar-refractivity contribution in [3.8, 4) is 0 Å². The molecule has 2 N–H and O–H groups in total. The van der Waals surface area contributed by atoms with Crippen molar-refractivity contribution in [2.24, 2.45) is 0 Å². The van der Waals surface area contributed by atoms with Gasteiger partial charge in [0, 0.05) is 38.8 Å². The van der Waals surface area contributed by atoms with E-state index in [4.69, 9.17) is 11.6 Å². The number of rotatable bonds is 5. The summed E-state index contributed by atoms with van der Waals surface area (Å²) in [6.07, 6.45) is 4.11. The Balaban J connectivity index is 1.44. The highest BCUT2D eigenvalue weighted by atomic mass is 35.5. The first-order valence-electron chi connectivity index (χ1n) is 8.99. The SMILES string of the molecule is Cc1cc(N[C@@H]2CCCN(CCN3CCC(O)CC3)C2)nnc1Cl. The minimum absolute atomic E-state index is 0.0891. The fourth-order valence-electron chi connectivity index (χ4n) is 3.55. The maximum absolute atomic E-state index is 9.59. The predicted octanol–water partition coefficient (Wildman–Crippen LogP) is 1.77. The lowest BCUT2D eigenvalue weighted by atomic mass is 10.1. The van der Waals surface area contributed by atoms with E-state index in [-0.39, 0.29) is 6.10 Å². The quantitative estimate of drug-likeness (QED) is 0.841. The standard InChI is InChI=1S/C17H28ClN5O/c1-13-11-16(20-21-17(13)18)19-14-3-2-6-23(12-14)10-9-22-7-4-15(24)5-8-22/h11,14-15,24H,2-10,12H2,1H3,(H,19,20)/t14-/m1/s1. The van der Waals surface area contributed by atoms with Crippen molar-refractivity contribution in [2.75, 3.05) is 44.6 Å². The average molecular weight is 354 g/mol. The highest BCUT2D eigenvalue weighted by Gasteiger charge is 2.22. The van der Waals surface area contributed by atoms with Crippen LogP contribution in [0.4, 0.5) is 5.82 Å². The molecule has 0 spiro atoms. The summed E-state index contributed by atoms with van der Waals surface area (Å²) in [7, 11) is 0. The molecule has 7 heteroatoms. The summed E-state index contributed by atoms with van der Waals surface area (Å²) < 4.78 is 0. The Morgan fingerprint density at radius 2 is 1.92 bits per heavy atom. The molecule has 3 heterocycles. The van der Waals surface area contributed by atoms with Crippen molar-refractivity contribution in [2.45, 2.75) is 44.8 Å². The molecule has 1 aromatic heterocycles. The van der Waals surface area contributed by atoms with Crippen molar-refractivity contribution in [1.29, 1.82) is 0 Å². The third-order valence-electron chi connectivity index (χ3n) is 5.07. The highest BCUT2D eigenvalue weighted by molar-refractivity contribution is 6.30. The molecule has 1 aromatic rings. The molecule has 0 aromatic carbocycles. The van der Waals surface area contributed by atoms with Gasteiger partial charge in [-0.3, -0.25) is 0 Å². The van der Waals surface area contributed by atoms with Crippen molar-refractivity contribution in [1.82, 2.24) is 20.0 Å². The molecule has 24 heavy (non-hydrogen) atoms. The Morgan fingerprint density at radius 3 is 2.67 bits per heavy atom. The summed E-state index contributed by atoms with van der Waals surface area (Å²) in [6, 6.07) is 2.38. The molecule has 2 saturated heterocycles. The van der Waals surface area contributed by atoms with Gasteiger partial charge in [0.25, 0.3) is 0 Å². The topological polar surface area (TPSA) is 64.5 Å². The Bertz CT molecular complexity index is 536. The van der Waals surface area contributed by atoms with E-state index in [9.17, 15) is 5.11 Å². The van der Waals surface area contributed by atoms with Crippen LogP contribution < -0.4 is 5.32 Å². The Kier molecular flexibility index (Phi) is 6.27. The lowest BCUT2D eigenvalue weighted by Crippen LogP contribution is -2.46. The van der Waals surface area contributed by atoms with Crippen LogP contribution in [0.25, 0.3) is 0 Å². The first-order chi connectivity index (χ1) is 11.6. The van der Waals surface area contributed by atoms with Crippen LogP contribution in [-0.4, -0.2) is 76.5 Å². The van der Waals surface area contributed by atoms with E-state index >= 15 is 0 Å². The van der Waals surface area contributed by atoms with Crippen LogP contribution in [0.2, 0.25) is 5.15 Å². The number of hydrogen-bond acceptors (Lipinski definition) is 6. The summed E-state index contributed by atoms with van der Waals surface area (Å²) in [5.41, 5.74) is 0.953. The highest BCUT2D eigenvalue weighted by Crippen LogP contribution is 2.18. The minimum atomic E-state index is -0.0891. The van der Waals surface area contributed by atoms with Crippen LogP contribution in [0.1, 0.15) is 31.2 Å². The van der Waals surface area contributed by atoms with Gasteiger partial charge < -0.3 is 20.2 Å². The van der Waals surface area contributed by atoms with Crippen LogP contribution in [0.3, 0.4) is 0 Å². The number of likely N-dealkylation sites (tertiary alicyclic amines) is 2. The van der Waals surface area contributed by atoms with E-state index in [1.165, 1.54) is 13.0 Å². The number of aryl methyl sites for hydroxylation is 1. The normalized spacial score (nSPS) is 24.2. The zero-order valence-corrected chi connectivity index (χ0v) is 15.2. The lowest BCUT2D eigenvalue weighted by Gasteiger charge is -2.36. The van der Waals surface area contributed by atoms with Gasteiger partial charge in [0.05, 0.1) is 6.10 Å². The molecule has 0 bridgehead atoms. The van der Waals surface area contributed by atoms with E-state index in [1.807, 2.05) is 13.0 Å². The van der Waals surface area contributed by atoms with Crippen molar-refractivity contribution in [3.05, 3.63) is 16.8 Å². The molecule has 0 unspecified atom stereocenters. The van der Waals surface area contributed by atoms with E-state index in [0.717, 1.165) is 63.4 Å². The van der Waals surface area contributed by atoms with Crippen LogP contribution in [0.15, 0.2) is 6.07 Å². The molecule has 2 aliphatic heterocycles. The molecule has 6 nitrogen and oxygen atoms in total. The van der Waals surface area contributed by atoms with E-state index in [0.29, 0.717) is 11.2 Å². The maximum Gasteiger partial charge on any atom is 0.154 e. The second-order valence-electron chi connectivity index (χ2n) is 7.06. The molecular formula is C17H28ClN5O. The van der Waals surface area contributed by atoms with E-state index in [2.05, 4.69) is 25.3 Å². The van der Waals surface area contributed by atoms with Crippen molar-refractivity contribution < 1.29 is 5.11 Å². The van der Waals surface area contributed by atoms with Crippen LogP contribution >= 0.6 is 11.6 Å². The number of piperidine rings is 2. The summed E-state index contributed by atoms with van der Waals surface area (Å²) in [5.74, 6) is 0.814. The number of hydrogen-bond donors (Lipinski definition) is 2. The number of nitrogens with one attached hydrogen (secondary N) is 1. The van der Waals surface area contributed by atoms with Crippen LogP contribution in [0, 0.1) is 6.92 Å². The van der Waals surface area contributed by atoms with Crippen molar-refractivity contribution >= 4 is 17.4 Å². The Labute approximate surface area is 149 Å². The Hall–Kier alpha value is -0.950. The summed E-state index contributed by atoms with van der Waals surface area (Å²) in [4.78, 5) is 5.00. The predicted molar refractivity (Wildman–Crippen MR) is 96.5 cm³/mol. The van der Waals surface area contributed by atoms with Gasteiger partial charge in [-0.05, 0) is 50.8 Å². The summed E-state index contributed by atoms with van der Waals surface area (Å²) in [6.45, 7) is 8.40. The monoisotopic (exact) mass is 353 g/mol. The second-order valence-corrected chi connectivity index (χ2v) is 7.42. The third-order valence-corrected chi connectivity index (χ3v) is 5.44. The second kappa shape index (κ2) is 8.43. The number of anilines is 1. The number of aliphatic hydroxyl groups excluding tert-OH is 1. The van der Waals surface area contributed by atoms with Gasteiger partial charge in [-0.1, -0.05) is 11.6 Å². The van der Waals surface area contributed by atoms with E-state index < -0.39 is 0 Å². The molecule has 0 radical (unpaired) electrons. The summed E-state index contributed by atoms with van der Waals surface area (Å²) in [5, 5.41) is 21.7. The van der Waals surface area contributed by atoms with Gasteiger partial charge in [-0.15, -0.1) is 10.2 Å². The zero-order chi connectivity index (χ0) is 16.9. The first kappa shape index (κ1) is 17.9. The average Bonchev–Trinajstić information content (AvgIpc) is 2.58. The van der Waals surface area contributed by atoms with E-state index in [1.54, 1.807) is 0 Å². The number of aromatic nitrogens is 2.